The van der Waals surface area contributed by atoms with E-state index in [1.807, 2.05) is 61.5 Å². The number of aliphatic carboxylic acids is 1. The molecule has 6 nitrogen and oxygen atoms in total. The molecule has 1 unspecified atom stereocenters. The fraction of sp³-hybridized carbons (Fsp3) is 0.333. The molecule has 1 aliphatic rings. The van der Waals surface area contributed by atoms with E-state index >= 15 is 0 Å². The summed E-state index contributed by atoms with van der Waals surface area (Å²) < 4.78 is 17.2. The lowest BCUT2D eigenvalue weighted by molar-refractivity contribution is -0.143. The molecule has 0 fully saturated rings. The van der Waals surface area contributed by atoms with Crippen molar-refractivity contribution in [3.05, 3.63) is 71.5 Å². The van der Waals surface area contributed by atoms with Gasteiger partial charge in [-0.25, -0.2) is 0 Å². The molecule has 0 amide bonds. The van der Waals surface area contributed by atoms with Gasteiger partial charge in [0.15, 0.2) is 0 Å². The minimum atomic E-state index is -0.825. The zero-order chi connectivity index (χ0) is 21.3. The summed E-state index contributed by atoms with van der Waals surface area (Å²) in [5, 5.41) is 9.12. The normalized spacial score (nSPS) is 16.4. The van der Waals surface area contributed by atoms with Crippen LogP contribution in [0.5, 0.6) is 11.5 Å². The molecular formula is C24H27NO5. The highest BCUT2D eigenvalue weighted by atomic mass is 16.5. The van der Waals surface area contributed by atoms with Crippen molar-refractivity contribution in [1.29, 1.82) is 0 Å². The third-order valence-corrected chi connectivity index (χ3v) is 4.82. The van der Waals surface area contributed by atoms with Crippen LogP contribution in [-0.2, 0) is 16.0 Å². The number of carboxylic acids is 1. The first kappa shape index (κ1) is 21.4. The van der Waals surface area contributed by atoms with E-state index in [-0.39, 0.29) is 6.61 Å². The number of unbranched alkanes of at least 4 members (excludes halogenated alkanes) is 1. The summed E-state index contributed by atoms with van der Waals surface area (Å²) in [6, 6.07) is 15.4. The Kier molecular flexibility index (Phi) is 7.49. The summed E-state index contributed by atoms with van der Waals surface area (Å²) in [6.07, 6.45) is 4.17. The third kappa shape index (κ3) is 5.86. The Morgan fingerprint density at radius 1 is 1.27 bits per heavy atom. The standard InChI is InChI=1S/C24H27NO5/c1-17(30-23(25-2)18-9-4-3-5-10-18)8-6-7-13-28-21-12-11-19-14-20(24(26)27)16-29-22(19)15-21/h3-5,8-12,15,20H,6-7,13-14,16H2,1-2H3,(H,26,27)/b17-8+,25-23?. The summed E-state index contributed by atoms with van der Waals surface area (Å²) in [5.74, 6) is 1.52. The largest absolute Gasteiger partial charge is 0.493 e. The molecule has 1 heterocycles. The minimum absolute atomic E-state index is 0.196. The SMILES string of the molecule is CN=C(O/C(C)=C/CCCOc1ccc2c(c1)OCC(C(=O)O)C2)c1ccccc1. The van der Waals surface area contributed by atoms with Gasteiger partial charge in [0.2, 0.25) is 5.90 Å². The Hall–Kier alpha value is -3.28. The zero-order valence-corrected chi connectivity index (χ0v) is 17.3. The fourth-order valence-corrected chi connectivity index (χ4v) is 3.19. The maximum absolute atomic E-state index is 11.1. The van der Waals surface area contributed by atoms with E-state index in [0.29, 0.717) is 24.7 Å². The molecule has 2 aromatic rings. The number of nitrogens with zero attached hydrogens (tertiary/aromatic N) is 1. The van der Waals surface area contributed by atoms with Crippen molar-refractivity contribution in [1.82, 2.24) is 0 Å². The van der Waals surface area contributed by atoms with Gasteiger partial charge >= 0.3 is 5.97 Å². The molecule has 0 spiro atoms. The molecule has 0 saturated carbocycles. The van der Waals surface area contributed by atoms with Crippen LogP contribution in [0.4, 0.5) is 0 Å². The number of carbonyl (C=O) groups is 1. The van der Waals surface area contributed by atoms with Crippen LogP contribution in [0.1, 0.15) is 30.9 Å². The number of benzene rings is 2. The van der Waals surface area contributed by atoms with Crippen molar-refractivity contribution in [3.8, 4) is 11.5 Å². The Morgan fingerprint density at radius 2 is 2.07 bits per heavy atom. The predicted molar refractivity (Wildman–Crippen MR) is 115 cm³/mol. The van der Waals surface area contributed by atoms with Gasteiger partial charge in [-0.15, -0.1) is 0 Å². The Morgan fingerprint density at radius 3 is 2.80 bits per heavy atom. The molecule has 30 heavy (non-hydrogen) atoms. The van der Waals surface area contributed by atoms with Gasteiger partial charge in [-0.1, -0.05) is 24.3 Å². The minimum Gasteiger partial charge on any atom is -0.493 e. The van der Waals surface area contributed by atoms with Crippen LogP contribution in [0.15, 0.2) is 65.4 Å². The maximum atomic E-state index is 11.1. The molecule has 1 atom stereocenters. The highest BCUT2D eigenvalue weighted by molar-refractivity contribution is 5.94. The van der Waals surface area contributed by atoms with E-state index in [0.717, 1.165) is 35.5 Å². The molecule has 1 N–H and O–H groups in total. The van der Waals surface area contributed by atoms with Crippen LogP contribution < -0.4 is 9.47 Å². The lowest BCUT2D eigenvalue weighted by atomic mass is 9.97. The van der Waals surface area contributed by atoms with Gasteiger partial charge in [0.1, 0.15) is 18.1 Å². The van der Waals surface area contributed by atoms with E-state index in [4.69, 9.17) is 19.3 Å². The molecule has 0 aromatic heterocycles. The second-order valence-electron chi connectivity index (χ2n) is 7.12. The number of rotatable bonds is 8. The van der Waals surface area contributed by atoms with Crippen LogP contribution in [0.3, 0.4) is 0 Å². The smallest absolute Gasteiger partial charge is 0.310 e. The molecule has 3 rings (SSSR count). The van der Waals surface area contributed by atoms with E-state index < -0.39 is 11.9 Å². The number of fused-ring (bicyclic) bond motifs is 1. The fourth-order valence-electron chi connectivity index (χ4n) is 3.19. The van der Waals surface area contributed by atoms with Gasteiger partial charge < -0.3 is 19.3 Å². The molecule has 6 heteroatoms. The quantitative estimate of drug-likeness (QED) is 0.301. The first-order valence-electron chi connectivity index (χ1n) is 10.0. The van der Waals surface area contributed by atoms with Crippen LogP contribution in [0.25, 0.3) is 0 Å². The van der Waals surface area contributed by atoms with E-state index in [9.17, 15) is 4.79 Å². The van der Waals surface area contributed by atoms with E-state index in [2.05, 4.69) is 4.99 Å². The van der Waals surface area contributed by atoms with Gasteiger partial charge in [0.05, 0.1) is 18.3 Å². The van der Waals surface area contributed by atoms with Gasteiger partial charge in [-0.05, 0) is 56.0 Å². The van der Waals surface area contributed by atoms with Crippen molar-refractivity contribution in [2.75, 3.05) is 20.3 Å². The number of allylic oxidation sites excluding steroid dienone is 2. The highest BCUT2D eigenvalue weighted by Gasteiger charge is 2.25. The van der Waals surface area contributed by atoms with Crippen molar-refractivity contribution in [3.63, 3.8) is 0 Å². The topological polar surface area (TPSA) is 77.3 Å². The van der Waals surface area contributed by atoms with Crippen LogP contribution in [-0.4, -0.2) is 37.2 Å². The third-order valence-electron chi connectivity index (χ3n) is 4.82. The van der Waals surface area contributed by atoms with Crippen LogP contribution in [0, 0.1) is 5.92 Å². The molecule has 1 aliphatic heterocycles. The first-order valence-corrected chi connectivity index (χ1v) is 10.0. The van der Waals surface area contributed by atoms with E-state index in [1.54, 1.807) is 7.05 Å². The number of hydrogen-bond acceptors (Lipinski definition) is 5. The summed E-state index contributed by atoms with van der Waals surface area (Å²) in [6.45, 7) is 2.68. The molecule has 2 aromatic carbocycles. The molecule has 158 valence electrons. The van der Waals surface area contributed by atoms with Crippen molar-refractivity contribution in [2.24, 2.45) is 10.9 Å². The van der Waals surface area contributed by atoms with Gasteiger partial charge in [0.25, 0.3) is 0 Å². The van der Waals surface area contributed by atoms with Crippen LogP contribution >= 0.6 is 0 Å². The second kappa shape index (κ2) is 10.5. The monoisotopic (exact) mass is 409 g/mol. The average Bonchev–Trinajstić information content (AvgIpc) is 2.77. The molecule has 0 saturated heterocycles. The molecule has 0 radical (unpaired) electrons. The Balaban J connectivity index is 1.43. The highest BCUT2D eigenvalue weighted by Crippen LogP contribution is 2.31. The number of hydrogen-bond donors (Lipinski definition) is 1. The molecule has 0 aliphatic carbocycles. The number of ether oxygens (including phenoxy) is 3. The van der Waals surface area contributed by atoms with Gasteiger partial charge in [-0.3, -0.25) is 9.79 Å². The van der Waals surface area contributed by atoms with Gasteiger partial charge in [0, 0.05) is 18.7 Å². The van der Waals surface area contributed by atoms with Crippen molar-refractivity contribution >= 4 is 11.9 Å². The Bertz CT molecular complexity index is 920. The lowest BCUT2D eigenvalue weighted by Crippen LogP contribution is -2.27. The summed E-state index contributed by atoms with van der Waals surface area (Å²) in [4.78, 5) is 15.3. The Labute approximate surface area is 176 Å². The van der Waals surface area contributed by atoms with E-state index in [1.165, 1.54) is 0 Å². The number of carboxylic acid groups (broad SMARTS) is 1. The predicted octanol–water partition coefficient (Wildman–Crippen LogP) is 4.48. The first-order chi connectivity index (χ1) is 14.6. The van der Waals surface area contributed by atoms with Crippen molar-refractivity contribution in [2.45, 2.75) is 26.2 Å². The maximum Gasteiger partial charge on any atom is 0.310 e. The average molecular weight is 409 g/mol. The molecular weight excluding hydrogens is 382 g/mol. The summed E-state index contributed by atoms with van der Waals surface area (Å²) in [7, 11) is 1.72. The zero-order valence-electron chi connectivity index (χ0n) is 17.3. The lowest BCUT2D eigenvalue weighted by Gasteiger charge is -2.23. The van der Waals surface area contributed by atoms with Crippen LogP contribution in [0.2, 0.25) is 0 Å². The molecule has 0 bridgehead atoms. The number of aliphatic imine (C=N–C) groups is 1. The summed E-state index contributed by atoms with van der Waals surface area (Å²) >= 11 is 0. The van der Waals surface area contributed by atoms with Gasteiger partial charge in [-0.2, -0.15) is 0 Å². The summed E-state index contributed by atoms with van der Waals surface area (Å²) in [5.41, 5.74) is 1.85. The van der Waals surface area contributed by atoms with Crippen molar-refractivity contribution < 1.29 is 24.1 Å². The second-order valence-corrected chi connectivity index (χ2v) is 7.12.